The van der Waals surface area contributed by atoms with E-state index in [1.54, 1.807) is 37.3 Å². The molecule has 2 aromatic rings. The van der Waals surface area contributed by atoms with Crippen LogP contribution in [0.4, 0.5) is 0 Å². The lowest BCUT2D eigenvalue weighted by atomic mass is 10.1. The van der Waals surface area contributed by atoms with E-state index in [-0.39, 0.29) is 5.78 Å². The molecule has 0 N–H and O–H groups in total. The number of hydrogen-bond acceptors (Lipinski definition) is 3. The fourth-order valence-electron chi connectivity index (χ4n) is 1.90. The van der Waals surface area contributed by atoms with Gasteiger partial charge in [-0.2, -0.15) is 0 Å². The minimum atomic E-state index is -0.0321. The van der Waals surface area contributed by atoms with E-state index in [1.807, 2.05) is 0 Å². The third-order valence-corrected chi connectivity index (χ3v) is 3.99. The van der Waals surface area contributed by atoms with E-state index in [4.69, 9.17) is 32.7 Å². The van der Waals surface area contributed by atoms with Gasteiger partial charge in [-0.1, -0.05) is 46.1 Å². The molecule has 0 spiro atoms. The van der Waals surface area contributed by atoms with Gasteiger partial charge in [0.25, 0.3) is 0 Å². The molecule has 0 saturated heterocycles. The second kappa shape index (κ2) is 7.36. The summed E-state index contributed by atoms with van der Waals surface area (Å²) in [7, 11) is 1.52. The van der Waals surface area contributed by atoms with Gasteiger partial charge in [-0.3, -0.25) is 4.79 Å². The minimum absolute atomic E-state index is 0.0321. The molecule has 0 atom stereocenters. The molecule has 116 valence electrons. The Hall–Kier alpha value is -1.23. The van der Waals surface area contributed by atoms with E-state index < -0.39 is 0 Å². The summed E-state index contributed by atoms with van der Waals surface area (Å²) in [5.74, 6) is 1.28. The molecule has 3 nitrogen and oxygen atoms in total. The molecule has 0 aliphatic heterocycles. The molecule has 0 saturated carbocycles. The van der Waals surface area contributed by atoms with Gasteiger partial charge in [0.2, 0.25) is 0 Å². The second-order valence-electron chi connectivity index (χ2n) is 4.44. The van der Waals surface area contributed by atoms with Gasteiger partial charge >= 0.3 is 0 Å². The van der Waals surface area contributed by atoms with Gasteiger partial charge in [0.05, 0.1) is 22.7 Å². The summed E-state index contributed by atoms with van der Waals surface area (Å²) in [5.41, 5.74) is 0.465. The Kier molecular flexibility index (Phi) is 5.73. The van der Waals surface area contributed by atoms with Gasteiger partial charge in [0.1, 0.15) is 11.5 Å². The Morgan fingerprint density at radius 1 is 1.18 bits per heavy atom. The second-order valence-corrected chi connectivity index (χ2v) is 6.17. The predicted octanol–water partition coefficient (Wildman–Crippen LogP) is 6.15. The minimum Gasteiger partial charge on any atom is -0.496 e. The molecular weight excluding hydrogens is 391 g/mol. The summed E-state index contributed by atoms with van der Waals surface area (Å²) in [4.78, 5) is 12.0. The molecule has 2 aromatic carbocycles. The van der Waals surface area contributed by atoms with Crippen LogP contribution in [0.1, 0.15) is 23.7 Å². The van der Waals surface area contributed by atoms with Crippen LogP contribution in [-0.4, -0.2) is 12.9 Å². The van der Waals surface area contributed by atoms with Gasteiger partial charge < -0.3 is 9.47 Å². The van der Waals surface area contributed by atoms with Crippen molar-refractivity contribution < 1.29 is 14.3 Å². The van der Waals surface area contributed by atoms with E-state index in [2.05, 4.69) is 15.9 Å². The highest BCUT2D eigenvalue weighted by molar-refractivity contribution is 9.10. The Bertz CT molecular complexity index is 694. The molecular formula is C16H13BrCl2O3. The highest BCUT2D eigenvalue weighted by atomic mass is 79.9. The van der Waals surface area contributed by atoms with Crippen LogP contribution in [0.3, 0.4) is 0 Å². The summed E-state index contributed by atoms with van der Waals surface area (Å²) >= 11 is 15.6. The monoisotopic (exact) mass is 402 g/mol. The van der Waals surface area contributed by atoms with E-state index in [1.165, 1.54) is 7.11 Å². The first-order valence-corrected chi connectivity index (χ1v) is 8.04. The van der Waals surface area contributed by atoms with Crippen molar-refractivity contribution in [2.24, 2.45) is 0 Å². The number of hydrogen-bond donors (Lipinski definition) is 0. The van der Waals surface area contributed by atoms with Crippen molar-refractivity contribution >= 4 is 44.9 Å². The van der Waals surface area contributed by atoms with Crippen molar-refractivity contribution in [3.63, 3.8) is 0 Å². The molecule has 0 aromatic heterocycles. The zero-order valence-corrected chi connectivity index (χ0v) is 15.1. The summed E-state index contributed by atoms with van der Waals surface area (Å²) < 4.78 is 11.7. The molecule has 0 aliphatic carbocycles. The van der Waals surface area contributed by atoms with Crippen molar-refractivity contribution in [3.05, 3.63) is 50.4 Å². The molecule has 2 rings (SSSR count). The summed E-state index contributed by atoms with van der Waals surface area (Å²) in [6.07, 6.45) is 0.375. The topological polar surface area (TPSA) is 35.5 Å². The average molecular weight is 404 g/mol. The standard InChI is InChI=1S/C16H13BrCl2O3/c1-3-14(20)11-8-10(4-5-15(11)21-2)22-16-12(18)6-9(17)7-13(16)19/h4-8H,3H2,1-2H3. The summed E-state index contributed by atoms with van der Waals surface area (Å²) in [6, 6.07) is 8.37. The van der Waals surface area contributed by atoms with Crippen LogP contribution in [0, 0.1) is 0 Å². The van der Waals surface area contributed by atoms with Gasteiger partial charge in [0, 0.05) is 10.9 Å². The highest BCUT2D eigenvalue weighted by Crippen LogP contribution is 2.39. The number of benzene rings is 2. The maximum absolute atomic E-state index is 12.0. The Balaban J connectivity index is 2.41. The number of carbonyl (C=O) groups is 1. The Labute approximate surface area is 147 Å². The molecule has 6 heteroatoms. The number of ether oxygens (including phenoxy) is 2. The molecule has 0 aliphatic rings. The van der Waals surface area contributed by atoms with Crippen molar-refractivity contribution in [1.29, 1.82) is 0 Å². The molecule has 0 fully saturated rings. The third-order valence-electron chi connectivity index (χ3n) is 2.98. The highest BCUT2D eigenvalue weighted by Gasteiger charge is 2.15. The fraction of sp³-hybridized carbons (Fsp3) is 0.188. The zero-order chi connectivity index (χ0) is 16.3. The summed E-state index contributed by atoms with van der Waals surface area (Å²) in [5, 5.41) is 0.747. The quantitative estimate of drug-likeness (QED) is 0.561. The lowest BCUT2D eigenvalue weighted by Gasteiger charge is -2.13. The number of halogens is 3. The van der Waals surface area contributed by atoms with Gasteiger partial charge in [-0.05, 0) is 30.3 Å². The van der Waals surface area contributed by atoms with Gasteiger partial charge in [-0.15, -0.1) is 0 Å². The number of Topliss-reactive ketones (excluding diaryl/α,β-unsaturated/α-hetero) is 1. The van der Waals surface area contributed by atoms with Crippen LogP contribution in [-0.2, 0) is 0 Å². The Morgan fingerprint density at radius 3 is 2.36 bits per heavy atom. The first kappa shape index (κ1) is 17.1. The predicted molar refractivity (Wildman–Crippen MR) is 91.9 cm³/mol. The number of carbonyl (C=O) groups excluding carboxylic acids is 1. The van der Waals surface area contributed by atoms with E-state index in [9.17, 15) is 4.79 Å². The van der Waals surface area contributed by atoms with Crippen molar-refractivity contribution in [3.8, 4) is 17.2 Å². The van der Waals surface area contributed by atoms with Crippen molar-refractivity contribution in [2.45, 2.75) is 13.3 Å². The molecule has 22 heavy (non-hydrogen) atoms. The fourth-order valence-corrected chi connectivity index (χ4v) is 3.19. The molecule has 0 heterocycles. The largest absolute Gasteiger partial charge is 0.496 e. The van der Waals surface area contributed by atoms with Crippen LogP contribution >= 0.6 is 39.1 Å². The number of ketones is 1. The first-order chi connectivity index (χ1) is 10.5. The smallest absolute Gasteiger partial charge is 0.166 e. The zero-order valence-electron chi connectivity index (χ0n) is 12.0. The lowest BCUT2D eigenvalue weighted by Crippen LogP contribution is -2.01. The number of rotatable bonds is 5. The average Bonchev–Trinajstić information content (AvgIpc) is 2.49. The van der Waals surface area contributed by atoms with Crippen LogP contribution in [0.25, 0.3) is 0 Å². The van der Waals surface area contributed by atoms with Crippen molar-refractivity contribution in [2.75, 3.05) is 7.11 Å². The van der Waals surface area contributed by atoms with Crippen LogP contribution in [0.5, 0.6) is 17.2 Å². The summed E-state index contributed by atoms with van der Waals surface area (Å²) in [6.45, 7) is 1.79. The van der Waals surface area contributed by atoms with Gasteiger partial charge in [-0.25, -0.2) is 0 Å². The number of methoxy groups -OCH3 is 1. The van der Waals surface area contributed by atoms with Gasteiger partial charge in [0.15, 0.2) is 11.5 Å². The lowest BCUT2D eigenvalue weighted by molar-refractivity contribution is 0.0985. The molecule has 0 amide bonds. The molecule has 0 unspecified atom stereocenters. The maximum atomic E-state index is 12.0. The normalized spacial score (nSPS) is 10.4. The maximum Gasteiger partial charge on any atom is 0.166 e. The third kappa shape index (κ3) is 3.75. The van der Waals surface area contributed by atoms with Crippen LogP contribution < -0.4 is 9.47 Å². The van der Waals surface area contributed by atoms with Crippen molar-refractivity contribution in [1.82, 2.24) is 0 Å². The van der Waals surface area contributed by atoms with Crippen LogP contribution in [0.15, 0.2) is 34.8 Å². The first-order valence-electron chi connectivity index (χ1n) is 6.50. The van der Waals surface area contributed by atoms with E-state index in [0.717, 1.165) is 4.47 Å². The van der Waals surface area contributed by atoms with E-state index >= 15 is 0 Å². The Morgan fingerprint density at radius 2 is 1.82 bits per heavy atom. The van der Waals surface area contributed by atoms with E-state index in [0.29, 0.717) is 39.3 Å². The SMILES string of the molecule is CCC(=O)c1cc(Oc2c(Cl)cc(Br)cc2Cl)ccc1OC. The molecule has 0 radical (unpaired) electrons. The van der Waals surface area contributed by atoms with Crippen LogP contribution in [0.2, 0.25) is 10.0 Å². The molecule has 0 bridgehead atoms.